The first-order valence-electron chi connectivity index (χ1n) is 5.88. The topological polar surface area (TPSA) is 43.9 Å². The normalized spacial score (nSPS) is 11.3. The molecule has 3 rings (SSSR count). The zero-order chi connectivity index (χ0) is 13.2. The molecule has 19 heavy (non-hydrogen) atoms. The highest BCUT2D eigenvalue weighted by Crippen LogP contribution is 2.19. The largest absolute Gasteiger partial charge is 0.359 e. The number of nitrogens with zero attached hydrogens (tertiary/aromatic N) is 3. The fraction of sp³-hybridized carbons (Fsp3) is 0.231. The molecule has 0 radical (unpaired) electrons. The van der Waals surface area contributed by atoms with E-state index < -0.39 is 0 Å². The van der Waals surface area contributed by atoms with Crippen molar-refractivity contribution in [2.75, 3.05) is 5.88 Å². The monoisotopic (exact) mass is 279 g/mol. The number of aryl methyl sites for hydroxylation is 1. The number of hydrogen-bond donors (Lipinski definition) is 0. The molecule has 4 nitrogen and oxygen atoms in total. The van der Waals surface area contributed by atoms with Gasteiger partial charge in [0.25, 0.3) is 0 Å². The Morgan fingerprint density at radius 3 is 2.95 bits per heavy atom. The first kappa shape index (κ1) is 12.2. The van der Waals surface area contributed by atoms with Gasteiger partial charge in [0, 0.05) is 24.4 Å². The summed E-state index contributed by atoms with van der Waals surface area (Å²) in [7, 11) is 0. The van der Waals surface area contributed by atoms with Crippen LogP contribution < -0.4 is 0 Å². The molecule has 0 amide bonds. The Bertz CT molecular complexity index is 693. The third-order valence-electron chi connectivity index (χ3n) is 2.91. The molecule has 6 heteroatoms. The molecule has 1 aromatic carbocycles. The van der Waals surface area contributed by atoms with E-state index in [-0.39, 0.29) is 5.82 Å². The Hall–Kier alpha value is -1.88. The van der Waals surface area contributed by atoms with Gasteiger partial charge in [-0.2, -0.15) is 0 Å². The minimum Gasteiger partial charge on any atom is -0.359 e. The molecule has 2 heterocycles. The van der Waals surface area contributed by atoms with Crippen molar-refractivity contribution in [2.24, 2.45) is 0 Å². The van der Waals surface area contributed by atoms with Crippen molar-refractivity contribution in [3.05, 3.63) is 47.9 Å². The zero-order valence-corrected chi connectivity index (χ0v) is 10.8. The van der Waals surface area contributed by atoms with Crippen molar-refractivity contribution in [2.45, 2.75) is 13.0 Å². The van der Waals surface area contributed by atoms with E-state index in [2.05, 4.69) is 10.1 Å². The number of alkyl halides is 1. The van der Waals surface area contributed by atoms with Crippen LogP contribution in [0.4, 0.5) is 4.39 Å². The molecule has 0 aliphatic carbocycles. The lowest BCUT2D eigenvalue weighted by Gasteiger charge is -2.05. The second kappa shape index (κ2) is 5.01. The SMILES string of the molecule is Fc1ccc2c(c1)nc(CCCl)n2Cc1ccno1. The van der Waals surface area contributed by atoms with Crippen LogP contribution in [0.1, 0.15) is 11.6 Å². The minimum absolute atomic E-state index is 0.297. The van der Waals surface area contributed by atoms with Crippen molar-refractivity contribution in [3.63, 3.8) is 0 Å². The Morgan fingerprint density at radius 1 is 1.32 bits per heavy atom. The smallest absolute Gasteiger partial charge is 0.156 e. The van der Waals surface area contributed by atoms with Gasteiger partial charge in [0.2, 0.25) is 0 Å². The van der Waals surface area contributed by atoms with Gasteiger partial charge in [0.05, 0.1) is 23.8 Å². The lowest BCUT2D eigenvalue weighted by molar-refractivity contribution is 0.376. The summed E-state index contributed by atoms with van der Waals surface area (Å²) in [5.41, 5.74) is 1.48. The van der Waals surface area contributed by atoms with Gasteiger partial charge in [-0.25, -0.2) is 9.37 Å². The van der Waals surface area contributed by atoms with Gasteiger partial charge in [0.15, 0.2) is 5.76 Å². The third-order valence-corrected chi connectivity index (χ3v) is 3.10. The van der Waals surface area contributed by atoms with E-state index in [4.69, 9.17) is 16.1 Å². The molecule has 0 spiro atoms. The maximum absolute atomic E-state index is 13.2. The summed E-state index contributed by atoms with van der Waals surface area (Å²) >= 11 is 5.79. The summed E-state index contributed by atoms with van der Waals surface area (Å²) in [6.45, 7) is 0.508. The Labute approximate surface area is 113 Å². The average molecular weight is 280 g/mol. The van der Waals surface area contributed by atoms with E-state index in [9.17, 15) is 4.39 Å². The predicted molar refractivity (Wildman–Crippen MR) is 69.7 cm³/mol. The van der Waals surface area contributed by atoms with E-state index in [0.29, 0.717) is 24.4 Å². The lowest BCUT2D eigenvalue weighted by atomic mass is 10.3. The predicted octanol–water partition coefficient (Wildman–Crippen LogP) is 2.99. The maximum Gasteiger partial charge on any atom is 0.156 e. The quantitative estimate of drug-likeness (QED) is 0.690. The molecule has 0 saturated heterocycles. The van der Waals surface area contributed by atoms with Crippen molar-refractivity contribution < 1.29 is 8.91 Å². The van der Waals surface area contributed by atoms with E-state index in [0.717, 1.165) is 17.1 Å². The molecule has 0 bridgehead atoms. The van der Waals surface area contributed by atoms with Gasteiger partial charge in [-0.3, -0.25) is 0 Å². The van der Waals surface area contributed by atoms with Gasteiger partial charge < -0.3 is 9.09 Å². The number of benzene rings is 1. The van der Waals surface area contributed by atoms with Crippen molar-refractivity contribution in [3.8, 4) is 0 Å². The molecule has 0 aliphatic rings. The van der Waals surface area contributed by atoms with Crippen LogP contribution in [0.3, 0.4) is 0 Å². The van der Waals surface area contributed by atoms with Crippen LogP contribution in [0, 0.1) is 5.82 Å². The second-order valence-electron chi connectivity index (χ2n) is 4.16. The molecule has 0 aliphatic heterocycles. The highest BCUT2D eigenvalue weighted by Gasteiger charge is 2.12. The average Bonchev–Trinajstić information content (AvgIpc) is 2.99. The number of fused-ring (bicyclic) bond motifs is 1. The van der Waals surface area contributed by atoms with Gasteiger partial charge in [-0.15, -0.1) is 11.6 Å². The summed E-state index contributed by atoms with van der Waals surface area (Å²) in [5, 5.41) is 3.68. The number of hydrogen-bond acceptors (Lipinski definition) is 3. The van der Waals surface area contributed by atoms with Crippen LogP contribution in [0.15, 0.2) is 35.0 Å². The van der Waals surface area contributed by atoms with Crippen LogP contribution in [-0.4, -0.2) is 20.6 Å². The van der Waals surface area contributed by atoms with E-state index in [1.165, 1.54) is 12.1 Å². The van der Waals surface area contributed by atoms with Gasteiger partial charge in [-0.1, -0.05) is 5.16 Å². The summed E-state index contributed by atoms with van der Waals surface area (Å²) in [6.07, 6.45) is 2.21. The van der Waals surface area contributed by atoms with Crippen LogP contribution >= 0.6 is 11.6 Å². The zero-order valence-electron chi connectivity index (χ0n) is 10.0. The molecule has 0 N–H and O–H groups in total. The number of halogens is 2. The third kappa shape index (κ3) is 2.33. The molecule has 0 atom stereocenters. The van der Waals surface area contributed by atoms with Crippen LogP contribution in [0.5, 0.6) is 0 Å². The standard InChI is InChI=1S/C13H11ClFN3O/c14-5-3-13-17-11-7-9(15)1-2-12(11)18(13)8-10-4-6-16-19-10/h1-2,4,6-7H,3,5,8H2. The summed E-state index contributed by atoms with van der Waals surface area (Å²) in [5.74, 6) is 1.70. The van der Waals surface area contributed by atoms with Crippen LogP contribution in [0.2, 0.25) is 0 Å². The van der Waals surface area contributed by atoms with Crippen molar-refractivity contribution >= 4 is 22.6 Å². The molecular weight excluding hydrogens is 269 g/mol. The summed E-state index contributed by atoms with van der Waals surface area (Å²) in [4.78, 5) is 4.42. The maximum atomic E-state index is 13.2. The molecule has 0 saturated carbocycles. The summed E-state index contributed by atoms with van der Waals surface area (Å²) in [6, 6.07) is 6.35. The minimum atomic E-state index is -0.297. The number of aromatic nitrogens is 3. The Morgan fingerprint density at radius 2 is 2.21 bits per heavy atom. The van der Waals surface area contributed by atoms with E-state index in [1.54, 1.807) is 18.3 Å². The van der Waals surface area contributed by atoms with Gasteiger partial charge in [-0.05, 0) is 12.1 Å². The second-order valence-corrected chi connectivity index (χ2v) is 4.54. The number of rotatable bonds is 4. The van der Waals surface area contributed by atoms with Crippen molar-refractivity contribution in [1.29, 1.82) is 0 Å². The van der Waals surface area contributed by atoms with E-state index in [1.807, 2.05) is 4.57 Å². The highest BCUT2D eigenvalue weighted by molar-refractivity contribution is 6.17. The lowest BCUT2D eigenvalue weighted by Crippen LogP contribution is -2.05. The number of imidazole rings is 1. The molecule has 0 unspecified atom stereocenters. The molecular formula is C13H11ClFN3O. The highest BCUT2D eigenvalue weighted by atomic mass is 35.5. The van der Waals surface area contributed by atoms with Crippen LogP contribution in [0.25, 0.3) is 11.0 Å². The molecule has 2 aromatic heterocycles. The molecule has 3 aromatic rings. The Balaban J connectivity index is 2.10. The first-order valence-corrected chi connectivity index (χ1v) is 6.41. The molecule has 0 fully saturated rings. The Kier molecular flexibility index (Phi) is 3.21. The fourth-order valence-corrected chi connectivity index (χ4v) is 2.25. The first-order chi connectivity index (χ1) is 9.28. The fourth-order valence-electron chi connectivity index (χ4n) is 2.08. The van der Waals surface area contributed by atoms with Crippen molar-refractivity contribution in [1.82, 2.24) is 14.7 Å². The van der Waals surface area contributed by atoms with Gasteiger partial charge in [0.1, 0.15) is 11.6 Å². The summed E-state index contributed by atoms with van der Waals surface area (Å²) < 4.78 is 20.3. The van der Waals surface area contributed by atoms with Gasteiger partial charge >= 0.3 is 0 Å². The van der Waals surface area contributed by atoms with Crippen LogP contribution in [-0.2, 0) is 13.0 Å². The molecule has 98 valence electrons. The van der Waals surface area contributed by atoms with E-state index >= 15 is 0 Å².